The van der Waals surface area contributed by atoms with Crippen LogP contribution in [0, 0.1) is 13.8 Å². The third-order valence-corrected chi connectivity index (χ3v) is 4.04. The number of aryl methyl sites for hydroxylation is 2. The smallest absolute Gasteiger partial charge is 0.260 e. The van der Waals surface area contributed by atoms with Crippen LogP contribution in [0.5, 0.6) is 5.75 Å². The number of hydrogen-bond donors (Lipinski definition) is 1. The van der Waals surface area contributed by atoms with Crippen LogP contribution in [-0.4, -0.2) is 33.7 Å². The van der Waals surface area contributed by atoms with E-state index in [0.717, 1.165) is 22.4 Å². The molecule has 27 heavy (non-hydrogen) atoms. The van der Waals surface area contributed by atoms with Gasteiger partial charge in [-0.15, -0.1) is 0 Å². The van der Waals surface area contributed by atoms with Gasteiger partial charge in [-0.25, -0.2) is 0 Å². The molecule has 140 valence electrons. The first-order valence-electron chi connectivity index (χ1n) is 8.77. The van der Waals surface area contributed by atoms with Crippen molar-refractivity contribution in [2.75, 3.05) is 6.54 Å². The molecule has 0 aliphatic heterocycles. The van der Waals surface area contributed by atoms with Crippen molar-refractivity contribution in [3.63, 3.8) is 0 Å². The fourth-order valence-electron chi connectivity index (χ4n) is 2.48. The van der Waals surface area contributed by atoms with E-state index < -0.39 is 6.10 Å². The first-order chi connectivity index (χ1) is 13.0. The molecule has 1 aromatic carbocycles. The summed E-state index contributed by atoms with van der Waals surface area (Å²) in [4.78, 5) is 20.6. The lowest BCUT2D eigenvalue weighted by atomic mass is 10.1. The van der Waals surface area contributed by atoms with Crippen molar-refractivity contribution in [1.29, 1.82) is 0 Å². The summed E-state index contributed by atoms with van der Waals surface area (Å²) in [5.74, 6) is 1.46. The normalized spacial score (nSPS) is 11.8. The lowest BCUT2D eigenvalue weighted by Gasteiger charge is -2.16. The number of nitrogens with zero attached hydrogens (tertiary/aromatic N) is 3. The number of carbonyl (C=O) groups excluding carboxylic acids is 1. The lowest BCUT2D eigenvalue weighted by molar-refractivity contribution is -0.127. The second-order valence-corrected chi connectivity index (χ2v) is 6.32. The van der Waals surface area contributed by atoms with E-state index in [9.17, 15) is 4.79 Å². The summed E-state index contributed by atoms with van der Waals surface area (Å²) >= 11 is 0. The average Bonchev–Trinajstić information content (AvgIpc) is 3.14. The highest BCUT2D eigenvalue weighted by molar-refractivity contribution is 5.80. The largest absolute Gasteiger partial charge is 0.481 e. The summed E-state index contributed by atoms with van der Waals surface area (Å²) in [6.45, 7) is 6.05. The first kappa shape index (κ1) is 18.6. The fourth-order valence-corrected chi connectivity index (χ4v) is 2.48. The molecule has 0 spiro atoms. The molecular formula is C20H22N4O3. The third kappa shape index (κ3) is 4.91. The zero-order valence-electron chi connectivity index (χ0n) is 15.6. The molecule has 0 saturated heterocycles. The molecule has 3 aromatic rings. The van der Waals surface area contributed by atoms with E-state index in [0.29, 0.717) is 24.7 Å². The van der Waals surface area contributed by atoms with Gasteiger partial charge < -0.3 is 14.6 Å². The van der Waals surface area contributed by atoms with E-state index in [2.05, 4.69) is 20.4 Å². The van der Waals surface area contributed by atoms with Crippen molar-refractivity contribution in [3.8, 4) is 17.1 Å². The average molecular weight is 366 g/mol. The van der Waals surface area contributed by atoms with Crippen molar-refractivity contribution in [1.82, 2.24) is 20.4 Å². The Balaban J connectivity index is 1.49. The van der Waals surface area contributed by atoms with Gasteiger partial charge >= 0.3 is 0 Å². The lowest BCUT2D eigenvalue weighted by Crippen LogP contribution is -2.37. The second-order valence-electron chi connectivity index (χ2n) is 6.32. The van der Waals surface area contributed by atoms with Crippen LogP contribution in [0.25, 0.3) is 11.4 Å². The number of pyridine rings is 1. The molecule has 7 heteroatoms. The van der Waals surface area contributed by atoms with E-state index in [4.69, 9.17) is 9.26 Å². The molecule has 0 fully saturated rings. The van der Waals surface area contributed by atoms with Crippen LogP contribution in [0.2, 0.25) is 0 Å². The zero-order chi connectivity index (χ0) is 19.2. The molecule has 0 radical (unpaired) electrons. The predicted octanol–water partition coefficient (Wildman–Crippen LogP) is 2.87. The number of amides is 1. The first-order valence-corrected chi connectivity index (χ1v) is 8.77. The van der Waals surface area contributed by atoms with Gasteiger partial charge in [-0.1, -0.05) is 17.3 Å². The topological polar surface area (TPSA) is 90.1 Å². The second kappa shape index (κ2) is 8.44. The Morgan fingerprint density at radius 2 is 2.15 bits per heavy atom. The van der Waals surface area contributed by atoms with E-state index in [1.54, 1.807) is 19.3 Å². The number of ether oxygens (including phenoxy) is 1. The van der Waals surface area contributed by atoms with Crippen LogP contribution in [-0.2, 0) is 11.2 Å². The summed E-state index contributed by atoms with van der Waals surface area (Å²) in [5, 5.41) is 6.76. The third-order valence-electron chi connectivity index (χ3n) is 4.04. The summed E-state index contributed by atoms with van der Waals surface area (Å²) in [5.41, 5.74) is 2.87. The van der Waals surface area contributed by atoms with Crippen molar-refractivity contribution < 1.29 is 14.1 Å². The summed E-state index contributed by atoms with van der Waals surface area (Å²) in [6, 6.07) is 9.58. The van der Waals surface area contributed by atoms with Gasteiger partial charge in [-0.05, 0) is 50.1 Å². The van der Waals surface area contributed by atoms with Crippen LogP contribution < -0.4 is 10.1 Å². The van der Waals surface area contributed by atoms with E-state index in [1.165, 1.54) is 0 Å². The number of benzene rings is 1. The maximum absolute atomic E-state index is 12.2. The molecular weight excluding hydrogens is 344 g/mol. The van der Waals surface area contributed by atoms with Crippen LogP contribution in [0.15, 0.2) is 47.2 Å². The van der Waals surface area contributed by atoms with Gasteiger partial charge in [0.15, 0.2) is 6.10 Å². The maximum atomic E-state index is 12.2. The van der Waals surface area contributed by atoms with Gasteiger partial charge in [0.05, 0.1) is 0 Å². The van der Waals surface area contributed by atoms with Gasteiger partial charge in [-0.2, -0.15) is 4.98 Å². The van der Waals surface area contributed by atoms with Crippen LogP contribution in [0.3, 0.4) is 0 Å². The number of carbonyl (C=O) groups is 1. The summed E-state index contributed by atoms with van der Waals surface area (Å²) in [6.07, 6.45) is 3.19. The highest BCUT2D eigenvalue weighted by atomic mass is 16.5. The summed E-state index contributed by atoms with van der Waals surface area (Å²) in [7, 11) is 0. The molecule has 0 saturated carbocycles. The Hall–Kier alpha value is -3.22. The number of aromatic nitrogens is 3. The molecule has 1 N–H and O–H groups in total. The molecule has 1 amide bonds. The Morgan fingerprint density at radius 3 is 2.93 bits per heavy atom. The van der Waals surface area contributed by atoms with Gasteiger partial charge in [0.1, 0.15) is 5.75 Å². The molecule has 2 heterocycles. The Labute approximate surface area is 157 Å². The quantitative estimate of drug-likeness (QED) is 0.691. The van der Waals surface area contributed by atoms with E-state index >= 15 is 0 Å². The molecule has 7 nitrogen and oxygen atoms in total. The summed E-state index contributed by atoms with van der Waals surface area (Å²) < 4.78 is 11.0. The van der Waals surface area contributed by atoms with E-state index in [1.807, 2.05) is 44.2 Å². The number of hydrogen-bond acceptors (Lipinski definition) is 6. The van der Waals surface area contributed by atoms with Crippen LogP contribution >= 0.6 is 0 Å². The van der Waals surface area contributed by atoms with Crippen LogP contribution in [0.4, 0.5) is 0 Å². The zero-order valence-corrected chi connectivity index (χ0v) is 15.6. The minimum Gasteiger partial charge on any atom is -0.481 e. The molecule has 0 unspecified atom stereocenters. The molecule has 0 bridgehead atoms. The Bertz CT molecular complexity index is 909. The molecule has 2 aromatic heterocycles. The van der Waals surface area contributed by atoms with Gasteiger partial charge in [0.25, 0.3) is 5.91 Å². The minimum atomic E-state index is -0.598. The van der Waals surface area contributed by atoms with Crippen molar-refractivity contribution >= 4 is 5.91 Å². The van der Waals surface area contributed by atoms with E-state index in [-0.39, 0.29) is 5.91 Å². The monoisotopic (exact) mass is 366 g/mol. The molecule has 0 aliphatic rings. The standard InChI is InChI=1S/C20H22N4O3/c1-13-6-7-14(2)17(11-13)26-15(3)20(25)22-10-8-18-23-19(24-27-18)16-5-4-9-21-12-16/h4-7,9,11-12,15H,8,10H2,1-3H3,(H,22,25)/t15-/m0/s1. The highest BCUT2D eigenvalue weighted by Crippen LogP contribution is 2.20. The number of nitrogens with one attached hydrogen (secondary N) is 1. The predicted molar refractivity (Wildman–Crippen MR) is 100 cm³/mol. The van der Waals surface area contributed by atoms with Gasteiger partial charge in [-0.3, -0.25) is 9.78 Å². The highest BCUT2D eigenvalue weighted by Gasteiger charge is 2.16. The number of rotatable bonds is 7. The molecule has 1 atom stereocenters. The SMILES string of the molecule is Cc1ccc(C)c(O[C@@H](C)C(=O)NCCc2nc(-c3cccnc3)no2)c1. The minimum absolute atomic E-state index is 0.192. The van der Waals surface area contributed by atoms with Gasteiger partial charge in [0.2, 0.25) is 11.7 Å². The maximum Gasteiger partial charge on any atom is 0.260 e. The van der Waals surface area contributed by atoms with Crippen molar-refractivity contribution in [2.45, 2.75) is 33.3 Å². The van der Waals surface area contributed by atoms with Gasteiger partial charge in [0, 0.05) is 30.9 Å². The Kier molecular flexibility index (Phi) is 5.80. The molecule has 0 aliphatic carbocycles. The van der Waals surface area contributed by atoms with Crippen LogP contribution in [0.1, 0.15) is 23.9 Å². The Morgan fingerprint density at radius 1 is 1.30 bits per heavy atom. The van der Waals surface area contributed by atoms with Crippen molar-refractivity contribution in [2.24, 2.45) is 0 Å². The molecule has 3 rings (SSSR count). The van der Waals surface area contributed by atoms with Crippen molar-refractivity contribution in [3.05, 3.63) is 59.7 Å². The fraction of sp³-hybridized carbons (Fsp3) is 0.300.